The number of nitrogens with one attached hydrogen (secondary N) is 1. The Bertz CT molecular complexity index is 1420. The molecule has 0 unspecified atom stereocenters. The maximum absolute atomic E-state index is 12.6. The zero-order chi connectivity index (χ0) is 23.9. The second-order valence-electron chi connectivity index (χ2n) is 9.15. The number of carbonyl (C=O) groups excluding carboxylic acids is 2. The molecule has 2 aromatic carbocycles. The minimum atomic E-state index is -0.0748. The summed E-state index contributed by atoms with van der Waals surface area (Å²) in [6.07, 6.45) is 0.977. The molecule has 0 aliphatic carbocycles. The first-order chi connectivity index (χ1) is 17.1. The number of piperazine rings is 1. The van der Waals surface area contributed by atoms with Crippen LogP contribution in [0.2, 0.25) is 0 Å². The van der Waals surface area contributed by atoms with Crippen molar-refractivity contribution in [1.82, 2.24) is 15.2 Å². The van der Waals surface area contributed by atoms with Gasteiger partial charge >= 0.3 is 0 Å². The van der Waals surface area contributed by atoms with Crippen LogP contribution in [0, 0.1) is 0 Å². The van der Waals surface area contributed by atoms with E-state index in [9.17, 15) is 9.59 Å². The molecule has 2 aliphatic heterocycles. The maximum Gasteiger partial charge on any atom is 0.265 e. The van der Waals surface area contributed by atoms with Gasteiger partial charge in [0.05, 0.1) is 23.8 Å². The van der Waals surface area contributed by atoms with E-state index in [-0.39, 0.29) is 11.9 Å². The summed E-state index contributed by atoms with van der Waals surface area (Å²) in [5, 5.41) is 4.95. The number of pyridine rings is 1. The topological polar surface area (TPSA) is 74.8 Å². The van der Waals surface area contributed by atoms with E-state index >= 15 is 0 Å². The molecule has 0 bridgehead atoms. The van der Waals surface area contributed by atoms with Crippen LogP contribution in [0.5, 0.6) is 5.75 Å². The second kappa shape index (κ2) is 8.94. The van der Waals surface area contributed by atoms with Crippen molar-refractivity contribution < 1.29 is 14.3 Å². The Hall–Kier alpha value is -3.49. The molecule has 4 heterocycles. The molecule has 35 heavy (non-hydrogen) atoms. The minimum Gasteiger partial charge on any atom is -0.489 e. The van der Waals surface area contributed by atoms with Gasteiger partial charge in [0.2, 0.25) is 0 Å². The van der Waals surface area contributed by atoms with Crippen molar-refractivity contribution in [2.45, 2.75) is 13.0 Å². The number of benzene rings is 2. The van der Waals surface area contributed by atoms with E-state index < -0.39 is 0 Å². The molecule has 1 amide bonds. The van der Waals surface area contributed by atoms with Crippen molar-refractivity contribution in [3.8, 4) is 17.0 Å². The lowest BCUT2D eigenvalue weighted by atomic mass is 10.1. The number of hydrogen-bond donors (Lipinski definition) is 1. The molecule has 4 aromatic rings. The number of rotatable bonds is 4. The standard InChI is InChI=1S/C27H26N4O3S/c1-17-16-34-25-24-20-6-7-21(29-22(20)8-9-23(24)35-26(25)27(33)28-17)18-2-4-19(5-3-18)31-12-10-30(11-13-31)14-15-32/h2-9,15,17H,10-14,16H2,1H3,(H,28,33)/t17-/m1/s1. The minimum absolute atomic E-state index is 0.0277. The molecule has 6 rings (SSSR count). The highest BCUT2D eigenvalue weighted by Crippen LogP contribution is 2.43. The third-order valence-electron chi connectivity index (χ3n) is 6.77. The highest BCUT2D eigenvalue weighted by Gasteiger charge is 2.26. The van der Waals surface area contributed by atoms with Crippen molar-refractivity contribution in [2.75, 3.05) is 44.2 Å². The Labute approximate surface area is 207 Å². The van der Waals surface area contributed by atoms with Crippen LogP contribution in [0.25, 0.3) is 32.2 Å². The third-order valence-corrected chi connectivity index (χ3v) is 7.91. The molecule has 1 fully saturated rings. The molecule has 178 valence electrons. The van der Waals surface area contributed by atoms with E-state index in [1.54, 1.807) is 0 Å². The number of nitrogens with zero attached hydrogens (tertiary/aromatic N) is 3. The molecule has 0 saturated carbocycles. The Morgan fingerprint density at radius 1 is 1.09 bits per heavy atom. The van der Waals surface area contributed by atoms with Gasteiger partial charge in [-0.1, -0.05) is 12.1 Å². The van der Waals surface area contributed by atoms with E-state index in [4.69, 9.17) is 9.72 Å². The SMILES string of the molecule is C[C@@H]1COc2c(sc3ccc4nc(-c5ccc(N6CCN(CC=O)CC6)cc5)ccc4c23)C(=O)N1. The number of amides is 1. The smallest absolute Gasteiger partial charge is 0.265 e. The van der Waals surface area contributed by atoms with Gasteiger partial charge in [-0.25, -0.2) is 4.98 Å². The van der Waals surface area contributed by atoms with Crippen molar-refractivity contribution in [2.24, 2.45) is 0 Å². The normalized spacial score (nSPS) is 18.7. The van der Waals surface area contributed by atoms with Gasteiger partial charge in [-0.2, -0.15) is 0 Å². The predicted octanol–water partition coefficient (Wildman–Crippen LogP) is 3.95. The average Bonchev–Trinajstić information content (AvgIpc) is 3.21. The summed E-state index contributed by atoms with van der Waals surface area (Å²) >= 11 is 1.47. The van der Waals surface area contributed by atoms with Crippen LogP contribution in [0.3, 0.4) is 0 Å². The van der Waals surface area contributed by atoms with Gasteiger partial charge in [0.25, 0.3) is 5.91 Å². The highest BCUT2D eigenvalue weighted by molar-refractivity contribution is 7.21. The summed E-state index contributed by atoms with van der Waals surface area (Å²) in [6, 6.07) is 16.7. The monoisotopic (exact) mass is 486 g/mol. The Morgan fingerprint density at radius 2 is 1.89 bits per heavy atom. The predicted molar refractivity (Wildman–Crippen MR) is 140 cm³/mol. The van der Waals surface area contributed by atoms with Crippen molar-refractivity contribution in [3.63, 3.8) is 0 Å². The first-order valence-corrected chi connectivity index (χ1v) is 12.7. The van der Waals surface area contributed by atoms with Crippen LogP contribution in [-0.4, -0.2) is 67.4 Å². The van der Waals surface area contributed by atoms with Crippen LogP contribution in [-0.2, 0) is 4.79 Å². The average molecular weight is 487 g/mol. The van der Waals surface area contributed by atoms with Gasteiger partial charge in [-0.3, -0.25) is 9.69 Å². The Kier molecular flexibility index (Phi) is 5.62. The van der Waals surface area contributed by atoms with Crippen molar-refractivity contribution in [1.29, 1.82) is 0 Å². The summed E-state index contributed by atoms with van der Waals surface area (Å²) < 4.78 is 7.10. The number of fused-ring (bicyclic) bond motifs is 5. The van der Waals surface area contributed by atoms with Gasteiger partial charge in [-0.15, -0.1) is 11.3 Å². The number of anilines is 1. The molecule has 7 nitrogen and oxygen atoms in total. The Balaban J connectivity index is 1.30. The van der Waals surface area contributed by atoms with E-state index in [1.165, 1.54) is 17.0 Å². The fourth-order valence-electron chi connectivity index (χ4n) is 4.90. The lowest BCUT2D eigenvalue weighted by Crippen LogP contribution is -2.46. The van der Waals surface area contributed by atoms with Crippen LogP contribution in [0.1, 0.15) is 16.6 Å². The number of carbonyl (C=O) groups is 2. The molecule has 0 spiro atoms. The van der Waals surface area contributed by atoms with Crippen LogP contribution < -0.4 is 15.0 Å². The van der Waals surface area contributed by atoms with Gasteiger partial charge in [0.15, 0.2) is 5.75 Å². The van der Waals surface area contributed by atoms with Crippen molar-refractivity contribution in [3.05, 3.63) is 53.4 Å². The van der Waals surface area contributed by atoms with Crippen LogP contribution in [0.15, 0.2) is 48.5 Å². The van der Waals surface area contributed by atoms with E-state index in [0.717, 1.165) is 64.7 Å². The second-order valence-corrected chi connectivity index (χ2v) is 10.2. The molecule has 1 saturated heterocycles. The van der Waals surface area contributed by atoms with Gasteiger partial charge in [0, 0.05) is 52.9 Å². The number of aromatic nitrogens is 1. The maximum atomic E-state index is 12.6. The molecule has 2 aromatic heterocycles. The van der Waals surface area contributed by atoms with Gasteiger partial charge in [-0.05, 0) is 43.3 Å². The summed E-state index contributed by atoms with van der Waals surface area (Å²) in [4.78, 5) is 33.5. The molecule has 2 aliphatic rings. The van der Waals surface area contributed by atoms with E-state index in [0.29, 0.717) is 23.8 Å². The van der Waals surface area contributed by atoms with E-state index in [2.05, 4.69) is 45.4 Å². The van der Waals surface area contributed by atoms with E-state index in [1.807, 2.05) is 25.1 Å². The Morgan fingerprint density at radius 3 is 2.66 bits per heavy atom. The summed E-state index contributed by atoms with van der Waals surface area (Å²) in [7, 11) is 0. The lowest BCUT2D eigenvalue weighted by Gasteiger charge is -2.35. The molecular weight excluding hydrogens is 460 g/mol. The van der Waals surface area contributed by atoms with Gasteiger partial charge < -0.3 is 19.7 Å². The number of aldehydes is 1. The summed E-state index contributed by atoms with van der Waals surface area (Å²) in [5.41, 5.74) is 4.04. The quantitative estimate of drug-likeness (QED) is 0.441. The lowest BCUT2D eigenvalue weighted by molar-refractivity contribution is -0.108. The zero-order valence-electron chi connectivity index (χ0n) is 19.5. The fraction of sp³-hybridized carbons (Fsp3) is 0.296. The summed E-state index contributed by atoms with van der Waals surface area (Å²) in [5.74, 6) is 0.596. The van der Waals surface area contributed by atoms with Gasteiger partial charge in [0.1, 0.15) is 17.8 Å². The number of hydrogen-bond acceptors (Lipinski definition) is 7. The first kappa shape index (κ1) is 22.0. The fourth-order valence-corrected chi connectivity index (χ4v) is 5.96. The first-order valence-electron chi connectivity index (χ1n) is 11.9. The largest absolute Gasteiger partial charge is 0.489 e. The van der Waals surface area contributed by atoms with Crippen molar-refractivity contribution >= 4 is 50.2 Å². The third kappa shape index (κ3) is 4.02. The summed E-state index contributed by atoms with van der Waals surface area (Å²) in [6.45, 7) is 6.55. The number of thiophene rings is 1. The zero-order valence-corrected chi connectivity index (χ0v) is 20.3. The highest BCUT2D eigenvalue weighted by atomic mass is 32.1. The molecule has 0 radical (unpaired) electrons. The van der Waals surface area contributed by atoms with Crippen LogP contribution >= 0.6 is 11.3 Å². The molecule has 1 N–H and O–H groups in total. The molecule has 1 atom stereocenters. The van der Waals surface area contributed by atoms with Crippen LogP contribution in [0.4, 0.5) is 5.69 Å². The number of ether oxygens (including phenoxy) is 1. The molecule has 8 heteroatoms. The molecular formula is C27H26N4O3S.